The van der Waals surface area contributed by atoms with Gasteiger partial charge in [-0.15, -0.1) is 5.10 Å². The lowest BCUT2D eigenvalue weighted by Gasteiger charge is -2.18. The van der Waals surface area contributed by atoms with Crippen LogP contribution in [0.1, 0.15) is 17.4 Å². The molecule has 0 unspecified atom stereocenters. The lowest BCUT2D eigenvalue weighted by molar-refractivity contribution is 0.0982. The number of carbonyl (C=O) groups is 1. The standard InChI is InChI=1S/C16H13BrFN5O/c1-2-22(15-8-3-11(17)9-19-15)16(24)14-10-20-23(21-14)13-6-4-12(18)5-7-13/h3-10H,2H2,1H3. The van der Waals surface area contributed by atoms with Gasteiger partial charge in [0.2, 0.25) is 0 Å². The van der Waals surface area contributed by atoms with Crippen molar-refractivity contribution in [2.75, 3.05) is 11.4 Å². The van der Waals surface area contributed by atoms with Gasteiger partial charge >= 0.3 is 0 Å². The first-order valence-electron chi connectivity index (χ1n) is 7.20. The Labute approximate surface area is 146 Å². The Kier molecular flexibility index (Phi) is 4.66. The fourth-order valence-corrected chi connectivity index (χ4v) is 2.37. The van der Waals surface area contributed by atoms with Crippen molar-refractivity contribution in [2.45, 2.75) is 6.92 Å². The molecule has 0 fully saturated rings. The van der Waals surface area contributed by atoms with E-state index < -0.39 is 0 Å². The average Bonchev–Trinajstić information content (AvgIpc) is 3.08. The van der Waals surface area contributed by atoms with Crippen molar-refractivity contribution in [2.24, 2.45) is 0 Å². The molecule has 6 nitrogen and oxygen atoms in total. The van der Waals surface area contributed by atoms with Crippen molar-refractivity contribution in [1.82, 2.24) is 20.0 Å². The van der Waals surface area contributed by atoms with Crippen molar-refractivity contribution >= 4 is 27.7 Å². The molecule has 0 N–H and O–H groups in total. The summed E-state index contributed by atoms with van der Waals surface area (Å²) < 4.78 is 13.8. The summed E-state index contributed by atoms with van der Waals surface area (Å²) >= 11 is 3.31. The fourth-order valence-electron chi connectivity index (χ4n) is 2.14. The third-order valence-corrected chi connectivity index (χ3v) is 3.79. The van der Waals surface area contributed by atoms with Gasteiger partial charge in [-0.05, 0) is 59.3 Å². The highest BCUT2D eigenvalue weighted by molar-refractivity contribution is 9.10. The molecule has 8 heteroatoms. The summed E-state index contributed by atoms with van der Waals surface area (Å²) in [5.74, 6) is -0.122. The molecule has 0 radical (unpaired) electrons. The SMILES string of the molecule is CCN(C(=O)c1cnn(-c2ccc(F)cc2)n1)c1ccc(Br)cn1. The summed E-state index contributed by atoms with van der Waals surface area (Å²) in [6, 6.07) is 9.26. The predicted molar refractivity (Wildman–Crippen MR) is 90.6 cm³/mol. The maximum Gasteiger partial charge on any atom is 0.281 e. The Hall–Kier alpha value is -2.61. The Bertz CT molecular complexity index is 848. The molecule has 0 aliphatic rings. The number of hydrogen-bond donors (Lipinski definition) is 0. The summed E-state index contributed by atoms with van der Waals surface area (Å²) in [4.78, 5) is 19.7. The molecule has 1 aromatic carbocycles. The molecule has 0 atom stereocenters. The first-order valence-corrected chi connectivity index (χ1v) is 7.99. The van der Waals surface area contributed by atoms with E-state index in [0.29, 0.717) is 18.1 Å². The third-order valence-electron chi connectivity index (χ3n) is 3.32. The minimum Gasteiger partial charge on any atom is -0.292 e. The highest BCUT2D eigenvalue weighted by Crippen LogP contribution is 2.17. The molecule has 2 aromatic heterocycles. The van der Waals surface area contributed by atoms with E-state index in [0.717, 1.165) is 4.47 Å². The van der Waals surface area contributed by atoms with E-state index in [1.165, 1.54) is 40.2 Å². The van der Waals surface area contributed by atoms with Crippen molar-refractivity contribution < 1.29 is 9.18 Å². The van der Waals surface area contributed by atoms with Crippen LogP contribution in [0.3, 0.4) is 0 Å². The lowest BCUT2D eigenvalue weighted by Crippen LogP contribution is -2.31. The number of pyridine rings is 1. The molecule has 0 bridgehead atoms. The summed E-state index contributed by atoms with van der Waals surface area (Å²) in [5, 5.41) is 8.25. The zero-order valence-electron chi connectivity index (χ0n) is 12.7. The van der Waals surface area contributed by atoms with Crippen LogP contribution in [0.4, 0.5) is 10.2 Å². The second kappa shape index (κ2) is 6.88. The van der Waals surface area contributed by atoms with Crippen LogP contribution >= 0.6 is 15.9 Å². The van der Waals surface area contributed by atoms with Gasteiger partial charge in [-0.25, -0.2) is 9.37 Å². The van der Waals surface area contributed by atoms with Crippen LogP contribution < -0.4 is 4.90 Å². The number of halogens is 2. The highest BCUT2D eigenvalue weighted by atomic mass is 79.9. The van der Waals surface area contributed by atoms with E-state index in [1.54, 1.807) is 12.3 Å². The Morgan fingerprint density at radius 1 is 1.21 bits per heavy atom. The van der Waals surface area contributed by atoms with Crippen LogP contribution in [0.25, 0.3) is 5.69 Å². The molecule has 0 aliphatic carbocycles. The van der Waals surface area contributed by atoms with Gasteiger partial charge in [-0.3, -0.25) is 9.69 Å². The summed E-state index contributed by atoms with van der Waals surface area (Å²) in [7, 11) is 0. The van der Waals surface area contributed by atoms with Crippen LogP contribution in [0.5, 0.6) is 0 Å². The number of rotatable bonds is 4. The van der Waals surface area contributed by atoms with Crippen LogP contribution in [-0.4, -0.2) is 32.4 Å². The summed E-state index contributed by atoms with van der Waals surface area (Å²) in [6.45, 7) is 2.29. The monoisotopic (exact) mass is 389 g/mol. The van der Waals surface area contributed by atoms with Gasteiger partial charge in [0.25, 0.3) is 5.91 Å². The van der Waals surface area contributed by atoms with Gasteiger partial charge in [-0.1, -0.05) is 0 Å². The van der Waals surface area contributed by atoms with Gasteiger partial charge in [0.05, 0.1) is 11.9 Å². The maximum atomic E-state index is 13.0. The molecule has 0 aliphatic heterocycles. The quantitative estimate of drug-likeness (QED) is 0.686. The van der Waals surface area contributed by atoms with Crippen molar-refractivity contribution in [3.63, 3.8) is 0 Å². The third kappa shape index (κ3) is 3.33. The van der Waals surface area contributed by atoms with Gasteiger partial charge in [0.1, 0.15) is 11.6 Å². The fraction of sp³-hybridized carbons (Fsp3) is 0.125. The molecule has 0 saturated heterocycles. The topological polar surface area (TPSA) is 63.9 Å². The number of nitrogens with zero attached hydrogens (tertiary/aromatic N) is 5. The molecule has 24 heavy (non-hydrogen) atoms. The van der Waals surface area contributed by atoms with Gasteiger partial charge in [-0.2, -0.15) is 9.90 Å². The first-order chi connectivity index (χ1) is 11.6. The molecule has 0 spiro atoms. The van der Waals surface area contributed by atoms with E-state index in [-0.39, 0.29) is 17.4 Å². The predicted octanol–water partition coefficient (Wildman–Crippen LogP) is 3.23. The smallest absolute Gasteiger partial charge is 0.281 e. The summed E-state index contributed by atoms with van der Waals surface area (Å²) in [5.41, 5.74) is 0.756. The van der Waals surface area contributed by atoms with Crippen LogP contribution in [0.15, 0.2) is 53.3 Å². The van der Waals surface area contributed by atoms with Crippen molar-refractivity contribution in [1.29, 1.82) is 0 Å². The first kappa shape index (κ1) is 16.3. The molecule has 1 amide bonds. The molecule has 3 rings (SSSR count). The van der Waals surface area contributed by atoms with E-state index in [4.69, 9.17) is 0 Å². The van der Waals surface area contributed by atoms with E-state index >= 15 is 0 Å². The normalized spacial score (nSPS) is 10.6. The van der Waals surface area contributed by atoms with Crippen LogP contribution in [0, 0.1) is 5.82 Å². The number of anilines is 1. The summed E-state index contributed by atoms with van der Waals surface area (Å²) in [6.07, 6.45) is 3.01. The van der Waals surface area contributed by atoms with E-state index in [2.05, 4.69) is 31.1 Å². The average molecular weight is 390 g/mol. The molecular formula is C16H13BrFN5O. The molecule has 3 aromatic rings. The Morgan fingerprint density at radius 3 is 2.58 bits per heavy atom. The molecule has 0 saturated carbocycles. The number of carbonyl (C=O) groups excluding carboxylic acids is 1. The number of hydrogen-bond acceptors (Lipinski definition) is 4. The van der Waals surface area contributed by atoms with Gasteiger partial charge in [0.15, 0.2) is 5.69 Å². The second-order valence-corrected chi connectivity index (χ2v) is 5.80. The van der Waals surface area contributed by atoms with Crippen molar-refractivity contribution in [3.8, 4) is 5.69 Å². The molecule has 122 valence electrons. The highest BCUT2D eigenvalue weighted by Gasteiger charge is 2.20. The van der Waals surface area contributed by atoms with Crippen molar-refractivity contribution in [3.05, 3.63) is 64.8 Å². The number of amides is 1. The molecule has 2 heterocycles. The maximum absolute atomic E-state index is 13.0. The lowest BCUT2D eigenvalue weighted by atomic mass is 10.3. The van der Waals surface area contributed by atoms with Gasteiger partial charge < -0.3 is 0 Å². The minimum absolute atomic E-state index is 0.186. The largest absolute Gasteiger partial charge is 0.292 e. The van der Waals surface area contributed by atoms with E-state index in [1.807, 2.05) is 13.0 Å². The van der Waals surface area contributed by atoms with Gasteiger partial charge in [0, 0.05) is 17.2 Å². The number of aromatic nitrogens is 4. The van der Waals surface area contributed by atoms with Crippen LogP contribution in [-0.2, 0) is 0 Å². The zero-order chi connectivity index (χ0) is 17.1. The second-order valence-electron chi connectivity index (χ2n) is 4.88. The van der Waals surface area contributed by atoms with Crippen LogP contribution in [0.2, 0.25) is 0 Å². The number of benzene rings is 1. The minimum atomic E-state index is -0.347. The van der Waals surface area contributed by atoms with E-state index in [9.17, 15) is 9.18 Å². The Morgan fingerprint density at radius 2 is 1.96 bits per heavy atom. The molecular weight excluding hydrogens is 377 g/mol. The zero-order valence-corrected chi connectivity index (χ0v) is 14.3. The Balaban J connectivity index is 1.86.